The Bertz CT molecular complexity index is 7.61. The van der Waals surface area contributed by atoms with E-state index >= 15 is 0 Å². The van der Waals surface area contributed by atoms with E-state index in [2.05, 4.69) is 0 Å². The predicted molar refractivity (Wildman–Crippen MR) is 35.4 cm³/mol. The molecule has 0 heterocycles. The summed E-state index contributed by atoms with van der Waals surface area (Å²) in [5, 5.41) is 7.57. The zero-order valence-electron chi connectivity index (χ0n) is 2.15. The van der Waals surface area contributed by atoms with Gasteiger partial charge in [0.1, 0.15) is 0 Å². The molecule has 1 N–H and O–H groups in total. The summed E-state index contributed by atoms with van der Waals surface area (Å²) in [6, 6.07) is 0. The molecule has 3 heteroatoms. The lowest BCUT2D eigenvalue weighted by atomic mass is 10.9. The van der Waals surface area contributed by atoms with Crippen LogP contribution in [0.4, 0.5) is 0 Å². The molecule has 0 aliphatic carbocycles. The average molecular weight is 110 g/mol. The topological polar surface area (TPSA) is 20.2 Å². The van der Waals surface area contributed by atoms with E-state index in [4.69, 9.17) is 5.11 Å². The second kappa shape index (κ2) is 26.1. The van der Waals surface area contributed by atoms with Crippen LogP contribution in [0.2, 0.25) is 0 Å². The third-order valence-corrected chi connectivity index (χ3v) is 0. The van der Waals surface area contributed by atoms with E-state index in [0.29, 0.717) is 0 Å². The monoisotopic (exact) mass is 110 g/mol. The lowest BCUT2D eigenvalue weighted by Gasteiger charge is -1.52. The molecule has 0 radical (unpaired) electrons. The van der Waals surface area contributed by atoms with Gasteiger partial charge < -0.3 is 5.11 Å². The van der Waals surface area contributed by atoms with E-state index < -0.39 is 0 Å². The van der Waals surface area contributed by atoms with Gasteiger partial charge in [-0.1, -0.05) is 0 Å². The van der Waals surface area contributed by atoms with Gasteiger partial charge in [-0.25, -0.2) is 0 Å². The number of aliphatic hydroxyl groups is 1. The molecule has 0 aromatic carbocycles. The van der Waals surface area contributed by atoms with E-state index in [1.54, 1.807) is 6.92 Å². The van der Waals surface area contributed by atoms with Crippen molar-refractivity contribution in [1.82, 2.24) is 0 Å². The molecule has 0 unspecified atom stereocenters. The van der Waals surface area contributed by atoms with Crippen LogP contribution in [0.5, 0.6) is 0 Å². The highest BCUT2D eigenvalue weighted by molar-refractivity contribution is 5.76. The molecule has 0 aliphatic heterocycles. The van der Waals surface area contributed by atoms with Crippen molar-refractivity contribution in [3.63, 3.8) is 0 Å². The average Bonchev–Trinajstić information content (AvgIpc) is 0.918. The molecule has 0 spiro atoms. The molecule has 36 valence electrons. The van der Waals surface area contributed by atoms with Gasteiger partial charge in [0.05, 0.1) is 0 Å². The van der Waals surface area contributed by atoms with Gasteiger partial charge in [-0.3, -0.25) is 0 Å². The maximum atomic E-state index is 7.57. The summed E-state index contributed by atoms with van der Waals surface area (Å²) in [7, 11) is 0. The molecule has 0 saturated heterocycles. The van der Waals surface area contributed by atoms with E-state index in [1.807, 2.05) is 0 Å². The quantitative estimate of drug-likeness (QED) is 0.332. The van der Waals surface area contributed by atoms with Crippen LogP contribution in [0.3, 0.4) is 0 Å². The van der Waals surface area contributed by atoms with Gasteiger partial charge in [-0.2, -0.15) is 0 Å². The van der Waals surface area contributed by atoms with Crippen LogP contribution in [-0.4, -0.2) is 33.6 Å². The van der Waals surface area contributed by atoms with E-state index in [0.717, 1.165) is 0 Å². The van der Waals surface area contributed by atoms with Crippen molar-refractivity contribution in [1.29, 1.82) is 0 Å². The fourth-order valence-corrected chi connectivity index (χ4v) is 0. The van der Waals surface area contributed by atoms with Gasteiger partial charge >= 0.3 is 0 Å². The van der Waals surface area contributed by atoms with Crippen LogP contribution in [-0.2, 0) is 0 Å². The third kappa shape index (κ3) is 162. The molecular formula is C2H14OSi2. The molecule has 0 aromatic rings. The molecule has 0 atom stereocenters. The molecular weight excluding hydrogens is 96.2 g/mol. The summed E-state index contributed by atoms with van der Waals surface area (Å²) >= 11 is 0. The zero-order valence-corrected chi connectivity index (χ0v) is 2.15. The Balaban J connectivity index is -0.0000000200. The van der Waals surface area contributed by atoms with Gasteiger partial charge in [-0.05, 0) is 28.9 Å². The number of aliphatic hydroxyl groups excluding tert-OH is 1. The van der Waals surface area contributed by atoms with Crippen LogP contribution < -0.4 is 0 Å². The molecule has 0 aromatic heterocycles. The van der Waals surface area contributed by atoms with Crippen molar-refractivity contribution in [2.24, 2.45) is 0 Å². The second-order valence-corrected chi connectivity index (χ2v) is 0.316. The minimum absolute atomic E-state index is 0. The Kier molecular flexibility index (Phi) is 94.7. The largest absolute Gasteiger partial charge is 0.397 e. The van der Waals surface area contributed by atoms with E-state index in [-0.39, 0.29) is 28.5 Å². The van der Waals surface area contributed by atoms with Crippen molar-refractivity contribution in [2.75, 3.05) is 6.61 Å². The summed E-state index contributed by atoms with van der Waals surface area (Å²) in [6.07, 6.45) is 0. The first-order valence-electron chi connectivity index (χ1n) is 1.02. The fourth-order valence-electron chi connectivity index (χ4n) is 0. The Morgan fingerprint density at radius 2 is 1.40 bits per heavy atom. The fraction of sp³-hybridized carbons (Fsp3) is 1.00. The first-order chi connectivity index (χ1) is 1.41. The number of hydrogen-bond acceptors (Lipinski definition) is 1. The summed E-state index contributed by atoms with van der Waals surface area (Å²) < 4.78 is 0. The van der Waals surface area contributed by atoms with Crippen LogP contribution in [0.15, 0.2) is 0 Å². The minimum atomic E-state index is 0. The van der Waals surface area contributed by atoms with Crippen LogP contribution >= 0.6 is 0 Å². The molecule has 0 saturated carbocycles. The summed E-state index contributed by atoms with van der Waals surface area (Å²) in [4.78, 5) is 0. The van der Waals surface area contributed by atoms with Gasteiger partial charge in [-0.15, -0.1) is 0 Å². The summed E-state index contributed by atoms with van der Waals surface area (Å²) in [5.74, 6) is 0. The maximum absolute atomic E-state index is 7.57. The molecule has 1 nitrogen and oxygen atoms in total. The maximum Gasteiger partial charge on any atom is 0.0402 e. The van der Waals surface area contributed by atoms with E-state index in [9.17, 15) is 0 Å². The van der Waals surface area contributed by atoms with Crippen molar-refractivity contribution in [2.45, 2.75) is 6.92 Å². The minimum Gasteiger partial charge on any atom is -0.397 e. The van der Waals surface area contributed by atoms with Crippen LogP contribution in [0.25, 0.3) is 0 Å². The van der Waals surface area contributed by atoms with Gasteiger partial charge in [0.15, 0.2) is 0 Å². The second-order valence-electron chi connectivity index (χ2n) is 0.316. The lowest BCUT2D eigenvalue weighted by molar-refractivity contribution is 0.318. The van der Waals surface area contributed by atoms with Crippen molar-refractivity contribution >= 4 is 21.9 Å². The normalized spacial score (nSPS) is 3.60. The molecule has 5 heavy (non-hydrogen) atoms. The van der Waals surface area contributed by atoms with Gasteiger partial charge in [0, 0.05) is 6.61 Å². The Morgan fingerprint density at radius 1 is 1.40 bits per heavy atom. The highest BCUT2D eigenvalue weighted by atomic mass is 28.1. The summed E-state index contributed by atoms with van der Waals surface area (Å²) in [5.41, 5.74) is 0. The third-order valence-electron chi connectivity index (χ3n) is 0. The first kappa shape index (κ1) is 18.2. The van der Waals surface area contributed by atoms with Gasteiger partial charge in [0.2, 0.25) is 0 Å². The first-order valence-corrected chi connectivity index (χ1v) is 1.02. The predicted octanol–water partition coefficient (Wildman–Crippen LogP) is -2.90. The molecule has 0 fully saturated rings. The van der Waals surface area contributed by atoms with Crippen molar-refractivity contribution < 1.29 is 5.11 Å². The smallest absolute Gasteiger partial charge is 0.0402 e. The standard InChI is InChI=1S/C2H6O.2H4Si/c1-2-3;;/h3H,2H2,1H3;2*1H4. The summed E-state index contributed by atoms with van der Waals surface area (Å²) in [6.45, 7) is 1.93. The molecule has 0 aliphatic rings. The lowest BCUT2D eigenvalue weighted by Crippen LogP contribution is -1.57. The Labute approximate surface area is 41.4 Å². The van der Waals surface area contributed by atoms with E-state index in [1.165, 1.54) is 0 Å². The Morgan fingerprint density at radius 3 is 1.40 bits per heavy atom. The zero-order chi connectivity index (χ0) is 2.71. The van der Waals surface area contributed by atoms with Crippen LogP contribution in [0, 0.1) is 0 Å². The van der Waals surface area contributed by atoms with Crippen LogP contribution in [0.1, 0.15) is 6.92 Å². The molecule has 0 rings (SSSR count). The highest BCUT2D eigenvalue weighted by Gasteiger charge is 1.34. The highest BCUT2D eigenvalue weighted by Crippen LogP contribution is 1.30. The molecule has 0 amide bonds. The SMILES string of the molecule is CCO.[SiH4].[SiH4]. The Hall–Kier alpha value is 0.394. The number of hydrogen-bond donors (Lipinski definition) is 1. The molecule has 0 bridgehead atoms. The number of rotatable bonds is 0. The van der Waals surface area contributed by atoms with Crippen molar-refractivity contribution in [3.8, 4) is 0 Å². The van der Waals surface area contributed by atoms with Gasteiger partial charge in [0.25, 0.3) is 0 Å². The van der Waals surface area contributed by atoms with Crippen molar-refractivity contribution in [3.05, 3.63) is 0 Å².